The van der Waals surface area contributed by atoms with E-state index in [9.17, 15) is 44.1 Å². The normalized spacial score (nSPS) is 13.5. The third-order valence-electron chi connectivity index (χ3n) is 4.92. The SMILES string of the molecule is O=C(OCCC(O)(C(F)(F)F)C(F)(F)F)c1cc(S(=O)(=O)[O-])c2cc3ccccc3cc2c1. The highest BCUT2D eigenvalue weighted by atomic mass is 32.2. The highest BCUT2D eigenvalue weighted by Crippen LogP contribution is 2.45. The molecule has 0 fully saturated rings. The topological polar surface area (TPSA) is 104 Å². The number of hydrogen-bond acceptors (Lipinski definition) is 6. The Morgan fingerprint density at radius 3 is 1.97 bits per heavy atom. The number of ether oxygens (including phenoxy) is 1. The molecule has 33 heavy (non-hydrogen) atoms. The smallest absolute Gasteiger partial charge is 0.426 e. The van der Waals surface area contributed by atoms with Crippen LogP contribution in [0.25, 0.3) is 21.5 Å². The van der Waals surface area contributed by atoms with Gasteiger partial charge < -0.3 is 14.4 Å². The third-order valence-corrected chi connectivity index (χ3v) is 5.80. The summed E-state index contributed by atoms with van der Waals surface area (Å²) in [6.45, 7) is -1.50. The van der Waals surface area contributed by atoms with Crippen molar-refractivity contribution in [1.82, 2.24) is 0 Å². The van der Waals surface area contributed by atoms with Crippen LogP contribution in [-0.2, 0) is 14.9 Å². The van der Waals surface area contributed by atoms with Crippen LogP contribution < -0.4 is 0 Å². The Balaban J connectivity index is 1.96. The molecule has 3 aromatic rings. The van der Waals surface area contributed by atoms with Crippen LogP contribution in [-0.4, -0.2) is 48.6 Å². The number of halogens is 6. The standard InChI is InChI=1S/C20H14F6O6S/c21-19(22,23)18(28,20(24,25)26)5-6-32-17(27)14-8-13-7-11-3-1-2-4-12(11)9-15(13)16(10-14)33(29,30)31/h1-4,7-10,28H,5-6H2,(H,29,30,31)/p-1. The van der Waals surface area contributed by atoms with E-state index in [0.29, 0.717) is 16.8 Å². The molecule has 0 heterocycles. The first-order valence-electron chi connectivity index (χ1n) is 9.00. The van der Waals surface area contributed by atoms with Crippen LogP contribution >= 0.6 is 0 Å². The first kappa shape index (κ1) is 24.7. The summed E-state index contributed by atoms with van der Waals surface area (Å²) in [6, 6.07) is 11.2. The molecule has 6 nitrogen and oxygen atoms in total. The average Bonchev–Trinajstić information content (AvgIpc) is 2.68. The maximum absolute atomic E-state index is 12.7. The van der Waals surface area contributed by atoms with Crippen molar-refractivity contribution in [2.75, 3.05) is 6.61 Å². The minimum atomic E-state index is -6.09. The molecule has 0 aromatic heterocycles. The molecule has 0 spiro atoms. The zero-order chi connectivity index (χ0) is 24.8. The van der Waals surface area contributed by atoms with E-state index in [1.165, 1.54) is 12.1 Å². The van der Waals surface area contributed by atoms with Gasteiger partial charge in [-0.2, -0.15) is 26.3 Å². The Hall–Kier alpha value is -2.90. The van der Waals surface area contributed by atoms with E-state index in [2.05, 4.69) is 4.74 Å². The lowest BCUT2D eigenvalue weighted by Crippen LogP contribution is -2.57. The second-order valence-electron chi connectivity index (χ2n) is 7.09. The number of aliphatic hydroxyl groups is 1. The van der Waals surface area contributed by atoms with Crippen molar-refractivity contribution in [2.24, 2.45) is 0 Å². The molecule has 0 aliphatic rings. The first-order chi connectivity index (χ1) is 15.0. The van der Waals surface area contributed by atoms with Crippen molar-refractivity contribution in [3.63, 3.8) is 0 Å². The van der Waals surface area contributed by atoms with E-state index in [1.54, 1.807) is 24.3 Å². The van der Waals surface area contributed by atoms with Crippen LogP contribution in [0.15, 0.2) is 53.4 Å². The van der Waals surface area contributed by atoms with Crippen molar-refractivity contribution >= 4 is 37.6 Å². The molecule has 3 rings (SSSR count). The number of carbonyl (C=O) groups excluding carboxylic acids is 1. The van der Waals surface area contributed by atoms with Gasteiger partial charge in [0.2, 0.25) is 0 Å². The van der Waals surface area contributed by atoms with Crippen molar-refractivity contribution in [2.45, 2.75) is 29.3 Å². The van der Waals surface area contributed by atoms with E-state index in [0.717, 1.165) is 6.07 Å². The van der Waals surface area contributed by atoms with Crippen molar-refractivity contribution < 1.29 is 54.0 Å². The Kier molecular flexibility index (Phi) is 6.11. The first-order valence-corrected chi connectivity index (χ1v) is 10.4. The molecule has 3 aromatic carbocycles. The van der Waals surface area contributed by atoms with Gasteiger partial charge in [-0.15, -0.1) is 0 Å². The molecule has 0 unspecified atom stereocenters. The number of rotatable bonds is 5. The van der Waals surface area contributed by atoms with E-state index < -0.39 is 57.5 Å². The lowest BCUT2D eigenvalue weighted by atomic mass is 9.99. The van der Waals surface area contributed by atoms with E-state index in [1.807, 2.05) is 0 Å². The van der Waals surface area contributed by atoms with Gasteiger partial charge in [-0.05, 0) is 45.8 Å². The molecule has 0 aliphatic heterocycles. The Morgan fingerprint density at radius 2 is 1.45 bits per heavy atom. The molecule has 0 bridgehead atoms. The fourth-order valence-electron chi connectivity index (χ4n) is 3.16. The number of carbonyl (C=O) groups is 1. The monoisotopic (exact) mass is 495 g/mol. The van der Waals surface area contributed by atoms with Crippen LogP contribution in [0.3, 0.4) is 0 Å². The summed E-state index contributed by atoms with van der Waals surface area (Å²) in [4.78, 5) is 11.4. The molecule has 0 aliphatic carbocycles. The van der Waals surface area contributed by atoms with E-state index >= 15 is 0 Å². The Labute approximate surface area is 182 Å². The second-order valence-corrected chi connectivity index (χ2v) is 8.44. The molecule has 1 N–H and O–H groups in total. The molecule has 0 amide bonds. The predicted molar refractivity (Wildman–Crippen MR) is 101 cm³/mol. The van der Waals surface area contributed by atoms with Crippen molar-refractivity contribution in [3.8, 4) is 0 Å². The largest absolute Gasteiger partial charge is 0.744 e. The van der Waals surface area contributed by atoms with Gasteiger partial charge in [0.1, 0.15) is 10.1 Å². The zero-order valence-corrected chi connectivity index (χ0v) is 17.0. The van der Waals surface area contributed by atoms with Gasteiger partial charge in [0, 0.05) is 6.42 Å². The highest BCUT2D eigenvalue weighted by molar-refractivity contribution is 7.86. The summed E-state index contributed by atoms with van der Waals surface area (Å²) in [5.41, 5.74) is -5.71. The lowest BCUT2D eigenvalue weighted by molar-refractivity contribution is -0.371. The molecule has 13 heteroatoms. The third kappa shape index (κ3) is 4.75. The molecule has 178 valence electrons. The minimum Gasteiger partial charge on any atom is -0.744 e. The second kappa shape index (κ2) is 8.15. The molecular formula is C20H13F6O6S-. The predicted octanol–water partition coefficient (Wildman–Crippen LogP) is 4.30. The number of fused-ring (bicyclic) bond motifs is 2. The Bertz CT molecular complexity index is 1320. The molecule has 0 radical (unpaired) electrons. The summed E-state index contributed by atoms with van der Waals surface area (Å²) < 4.78 is 116. The van der Waals surface area contributed by atoms with E-state index in [-0.39, 0.29) is 10.8 Å². The minimum absolute atomic E-state index is 0.0382. The maximum atomic E-state index is 12.7. The summed E-state index contributed by atoms with van der Waals surface area (Å²) in [7, 11) is -5.13. The Morgan fingerprint density at radius 1 is 0.909 bits per heavy atom. The maximum Gasteiger partial charge on any atom is 0.426 e. The van der Waals surface area contributed by atoms with Crippen molar-refractivity contribution in [3.05, 3.63) is 54.1 Å². The molecule has 0 saturated carbocycles. The molecular weight excluding hydrogens is 482 g/mol. The zero-order valence-electron chi connectivity index (χ0n) is 16.2. The quantitative estimate of drug-likeness (QED) is 0.245. The van der Waals surface area contributed by atoms with Crippen LogP contribution in [0, 0.1) is 0 Å². The van der Waals surface area contributed by atoms with Gasteiger partial charge in [0.25, 0.3) is 5.60 Å². The number of esters is 1. The van der Waals surface area contributed by atoms with Crippen LogP contribution in [0.5, 0.6) is 0 Å². The summed E-state index contributed by atoms with van der Waals surface area (Å²) >= 11 is 0. The summed E-state index contributed by atoms with van der Waals surface area (Å²) in [5.74, 6) is -1.48. The van der Waals surface area contributed by atoms with Crippen LogP contribution in [0.4, 0.5) is 26.3 Å². The molecule has 0 atom stereocenters. The highest BCUT2D eigenvalue weighted by Gasteiger charge is 2.70. The van der Waals surface area contributed by atoms with Gasteiger partial charge in [-0.1, -0.05) is 24.3 Å². The van der Waals surface area contributed by atoms with Gasteiger partial charge in [0.05, 0.1) is 17.1 Å². The number of hydrogen-bond donors (Lipinski definition) is 1. The average molecular weight is 495 g/mol. The van der Waals surface area contributed by atoms with Gasteiger partial charge in [-0.3, -0.25) is 0 Å². The van der Waals surface area contributed by atoms with Crippen LogP contribution in [0.2, 0.25) is 0 Å². The number of benzene rings is 3. The van der Waals surface area contributed by atoms with Gasteiger partial charge in [0.15, 0.2) is 0 Å². The summed E-state index contributed by atoms with van der Waals surface area (Å²) in [6.07, 6.45) is -14.2. The van der Waals surface area contributed by atoms with Crippen LogP contribution in [0.1, 0.15) is 16.8 Å². The number of alkyl halides is 6. The fraction of sp³-hybridized carbons (Fsp3) is 0.250. The summed E-state index contributed by atoms with van der Waals surface area (Å²) in [5, 5.41) is 10.3. The van der Waals surface area contributed by atoms with Gasteiger partial charge >= 0.3 is 18.3 Å². The van der Waals surface area contributed by atoms with E-state index in [4.69, 9.17) is 5.11 Å². The van der Waals surface area contributed by atoms with Crippen molar-refractivity contribution in [1.29, 1.82) is 0 Å². The fourth-order valence-corrected chi connectivity index (χ4v) is 3.88. The molecule has 0 saturated heterocycles. The van der Waals surface area contributed by atoms with Gasteiger partial charge in [-0.25, -0.2) is 13.2 Å². The lowest BCUT2D eigenvalue weighted by Gasteiger charge is -2.32.